The molecule has 0 spiro atoms. The van der Waals surface area contributed by atoms with Crippen LogP contribution in [-0.2, 0) is 22.1 Å². The van der Waals surface area contributed by atoms with Crippen molar-refractivity contribution in [2.45, 2.75) is 49.5 Å². The van der Waals surface area contributed by atoms with Crippen LogP contribution in [0.4, 0.5) is 0 Å². The van der Waals surface area contributed by atoms with Crippen LogP contribution in [0.15, 0.2) is 29.2 Å². The summed E-state index contributed by atoms with van der Waals surface area (Å²) >= 11 is 0. The molecule has 17 heavy (non-hydrogen) atoms. The summed E-state index contributed by atoms with van der Waals surface area (Å²) in [6.07, 6.45) is 0.112. The first-order chi connectivity index (χ1) is 7.91. The van der Waals surface area contributed by atoms with Crippen LogP contribution in [0.2, 0.25) is 0 Å². The average molecular weight is 253 g/mol. The first-order valence-electron chi connectivity index (χ1n) is 5.94. The van der Waals surface area contributed by atoms with Gasteiger partial charge in [0.1, 0.15) is 10.5 Å². The summed E-state index contributed by atoms with van der Waals surface area (Å²) < 4.78 is 0. The SMILES string of the molecule is CC(C)[S+](c1cccc(CC(=O)O)c1)C(C)C. The Kier molecular flexibility index (Phi) is 5.06. The van der Waals surface area contributed by atoms with Crippen molar-refractivity contribution in [3.63, 3.8) is 0 Å². The second-order valence-electron chi connectivity index (χ2n) is 4.69. The van der Waals surface area contributed by atoms with E-state index in [1.54, 1.807) is 0 Å². The monoisotopic (exact) mass is 253 g/mol. The minimum absolute atomic E-state index is 0.112. The number of carboxylic acid groups (broad SMARTS) is 1. The first-order valence-corrected chi connectivity index (χ1v) is 7.29. The molecule has 0 amide bonds. The lowest BCUT2D eigenvalue weighted by molar-refractivity contribution is -0.136. The topological polar surface area (TPSA) is 37.3 Å². The Morgan fingerprint density at radius 2 is 1.82 bits per heavy atom. The number of hydrogen-bond acceptors (Lipinski definition) is 1. The van der Waals surface area contributed by atoms with Crippen molar-refractivity contribution >= 4 is 16.9 Å². The molecule has 0 aliphatic carbocycles. The fourth-order valence-corrected chi connectivity index (χ4v) is 4.77. The van der Waals surface area contributed by atoms with E-state index in [0.717, 1.165) is 5.56 Å². The van der Waals surface area contributed by atoms with Crippen molar-refractivity contribution in [2.24, 2.45) is 0 Å². The van der Waals surface area contributed by atoms with Gasteiger partial charge >= 0.3 is 5.97 Å². The highest BCUT2D eigenvalue weighted by Gasteiger charge is 2.29. The lowest BCUT2D eigenvalue weighted by Gasteiger charge is -2.15. The second kappa shape index (κ2) is 6.10. The van der Waals surface area contributed by atoms with Crippen molar-refractivity contribution in [1.82, 2.24) is 0 Å². The molecule has 1 rings (SSSR count). The zero-order valence-electron chi connectivity index (χ0n) is 10.9. The summed E-state index contributed by atoms with van der Waals surface area (Å²) in [5.74, 6) is -0.767. The van der Waals surface area contributed by atoms with Crippen LogP contribution in [0.3, 0.4) is 0 Å². The minimum Gasteiger partial charge on any atom is -0.481 e. The molecule has 1 aromatic rings. The van der Waals surface area contributed by atoms with Gasteiger partial charge in [-0.15, -0.1) is 0 Å². The van der Waals surface area contributed by atoms with Gasteiger partial charge in [0.05, 0.1) is 6.42 Å². The summed E-state index contributed by atoms with van der Waals surface area (Å²) in [7, 11) is 0.191. The lowest BCUT2D eigenvalue weighted by Crippen LogP contribution is -2.24. The summed E-state index contributed by atoms with van der Waals surface area (Å²) in [6, 6.07) is 8.03. The molecule has 3 heteroatoms. The molecule has 0 fully saturated rings. The molecule has 0 unspecified atom stereocenters. The van der Waals surface area contributed by atoms with E-state index in [1.165, 1.54) is 4.90 Å². The number of rotatable bonds is 5. The van der Waals surface area contributed by atoms with Gasteiger partial charge < -0.3 is 5.11 Å². The molecule has 0 atom stereocenters. The van der Waals surface area contributed by atoms with Crippen molar-refractivity contribution in [3.8, 4) is 0 Å². The Hall–Kier alpha value is -0.960. The second-order valence-corrected chi connectivity index (χ2v) is 7.79. The fourth-order valence-electron chi connectivity index (χ4n) is 2.07. The van der Waals surface area contributed by atoms with Gasteiger partial charge in [-0.2, -0.15) is 0 Å². The van der Waals surface area contributed by atoms with E-state index in [1.807, 2.05) is 12.1 Å². The number of benzene rings is 1. The smallest absolute Gasteiger partial charge is 0.307 e. The molecule has 0 aromatic heterocycles. The average Bonchev–Trinajstić information content (AvgIpc) is 2.15. The van der Waals surface area contributed by atoms with Gasteiger partial charge in [-0.05, 0) is 45.4 Å². The van der Waals surface area contributed by atoms with Gasteiger partial charge in [-0.25, -0.2) is 0 Å². The predicted octanol–water partition coefficient (Wildman–Crippen LogP) is 3.11. The Balaban J connectivity index is 3.00. The third-order valence-corrected chi connectivity index (χ3v) is 5.37. The maximum atomic E-state index is 10.7. The zero-order chi connectivity index (χ0) is 13.0. The van der Waals surface area contributed by atoms with Crippen molar-refractivity contribution < 1.29 is 9.90 Å². The standard InChI is InChI=1S/C14H20O2S/c1-10(2)17(11(3)4)13-7-5-6-12(8-13)9-14(15)16/h5-8,10-11H,9H2,1-4H3/p+1. The molecule has 1 N–H and O–H groups in total. The number of aliphatic carboxylic acids is 1. The van der Waals surface area contributed by atoms with E-state index in [4.69, 9.17) is 5.11 Å². The largest absolute Gasteiger partial charge is 0.481 e. The van der Waals surface area contributed by atoms with E-state index in [2.05, 4.69) is 39.8 Å². The van der Waals surface area contributed by atoms with Crippen LogP contribution in [0.25, 0.3) is 0 Å². The predicted molar refractivity (Wildman–Crippen MR) is 73.7 cm³/mol. The fraction of sp³-hybridized carbons (Fsp3) is 0.500. The van der Waals surface area contributed by atoms with E-state index >= 15 is 0 Å². The van der Waals surface area contributed by atoms with Gasteiger partial charge in [0, 0.05) is 10.9 Å². The third-order valence-electron chi connectivity index (χ3n) is 2.54. The molecule has 0 heterocycles. The Morgan fingerprint density at radius 3 is 2.29 bits per heavy atom. The van der Waals surface area contributed by atoms with E-state index in [0.29, 0.717) is 10.5 Å². The minimum atomic E-state index is -0.767. The highest BCUT2D eigenvalue weighted by Crippen LogP contribution is 2.24. The third kappa shape index (κ3) is 4.08. The molecule has 2 nitrogen and oxygen atoms in total. The summed E-state index contributed by atoms with van der Waals surface area (Å²) in [6.45, 7) is 8.92. The Morgan fingerprint density at radius 1 is 1.24 bits per heavy atom. The molecule has 94 valence electrons. The molecular weight excluding hydrogens is 232 g/mol. The van der Waals surface area contributed by atoms with Crippen LogP contribution in [-0.4, -0.2) is 21.6 Å². The molecule has 0 bridgehead atoms. The Bertz CT molecular complexity index is 378. The molecule has 0 saturated carbocycles. The van der Waals surface area contributed by atoms with Crippen LogP contribution in [0, 0.1) is 0 Å². The van der Waals surface area contributed by atoms with Crippen LogP contribution >= 0.6 is 0 Å². The zero-order valence-corrected chi connectivity index (χ0v) is 11.8. The molecule has 1 aromatic carbocycles. The number of carboxylic acids is 1. The lowest BCUT2D eigenvalue weighted by atomic mass is 10.2. The highest BCUT2D eigenvalue weighted by atomic mass is 32.2. The molecular formula is C14H21O2S+. The van der Waals surface area contributed by atoms with Gasteiger partial charge in [0.25, 0.3) is 0 Å². The molecule has 0 aliphatic rings. The van der Waals surface area contributed by atoms with Gasteiger partial charge in [0.2, 0.25) is 0 Å². The van der Waals surface area contributed by atoms with Crippen LogP contribution < -0.4 is 0 Å². The molecule has 0 saturated heterocycles. The van der Waals surface area contributed by atoms with Gasteiger partial charge in [-0.1, -0.05) is 12.1 Å². The van der Waals surface area contributed by atoms with Crippen LogP contribution in [0.5, 0.6) is 0 Å². The van der Waals surface area contributed by atoms with Crippen molar-refractivity contribution in [1.29, 1.82) is 0 Å². The van der Waals surface area contributed by atoms with E-state index < -0.39 is 5.97 Å². The highest BCUT2D eigenvalue weighted by molar-refractivity contribution is 7.98. The van der Waals surface area contributed by atoms with Gasteiger partial charge in [0.15, 0.2) is 4.90 Å². The number of carbonyl (C=O) groups is 1. The number of hydrogen-bond donors (Lipinski definition) is 1. The van der Waals surface area contributed by atoms with E-state index in [-0.39, 0.29) is 17.3 Å². The molecule has 0 aliphatic heterocycles. The molecule has 0 radical (unpaired) electrons. The summed E-state index contributed by atoms with van der Waals surface area (Å²) in [4.78, 5) is 12.0. The normalized spacial score (nSPS) is 11.5. The van der Waals surface area contributed by atoms with Gasteiger partial charge in [-0.3, -0.25) is 4.79 Å². The summed E-state index contributed by atoms with van der Waals surface area (Å²) in [5, 5.41) is 10.0. The van der Waals surface area contributed by atoms with Crippen molar-refractivity contribution in [2.75, 3.05) is 0 Å². The quantitative estimate of drug-likeness (QED) is 0.819. The van der Waals surface area contributed by atoms with E-state index in [9.17, 15) is 4.79 Å². The Labute approximate surface area is 106 Å². The van der Waals surface area contributed by atoms with Crippen LogP contribution in [0.1, 0.15) is 33.3 Å². The van der Waals surface area contributed by atoms with Crippen molar-refractivity contribution in [3.05, 3.63) is 29.8 Å². The summed E-state index contributed by atoms with van der Waals surface area (Å²) in [5.41, 5.74) is 0.897. The first kappa shape index (κ1) is 14.1. The maximum absolute atomic E-state index is 10.7. The maximum Gasteiger partial charge on any atom is 0.307 e.